The second-order valence-corrected chi connectivity index (χ2v) is 7.50. The number of imide groups is 1. The smallest absolute Gasteiger partial charge is 0.253 e. The van der Waals surface area contributed by atoms with E-state index in [1.54, 1.807) is 0 Å². The summed E-state index contributed by atoms with van der Waals surface area (Å²) in [6.45, 7) is 6.99. The van der Waals surface area contributed by atoms with Gasteiger partial charge in [0.15, 0.2) is 0 Å². The van der Waals surface area contributed by atoms with Gasteiger partial charge in [-0.05, 0) is 12.2 Å². The number of nitrogens with zero attached hydrogens (tertiary/aromatic N) is 1. The molecule has 0 saturated heterocycles. The van der Waals surface area contributed by atoms with Gasteiger partial charge in [0.1, 0.15) is 0 Å². The largest absolute Gasteiger partial charge is 0.354 e. The summed E-state index contributed by atoms with van der Waals surface area (Å²) in [5.41, 5.74) is 0. The summed E-state index contributed by atoms with van der Waals surface area (Å²) in [7, 11) is 0. The van der Waals surface area contributed by atoms with E-state index < -0.39 is 0 Å². The van der Waals surface area contributed by atoms with Crippen molar-refractivity contribution in [3.05, 3.63) is 12.2 Å². The normalized spacial score (nSPS) is 15.1. The highest BCUT2D eigenvalue weighted by atomic mass is 32.2. The lowest BCUT2D eigenvalue weighted by atomic mass is 10.3. The highest BCUT2D eigenvalue weighted by Gasteiger charge is 2.22. The second-order valence-electron chi connectivity index (χ2n) is 5.58. The van der Waals surface area contributed by atoms with Crippen molar-refractivity contribution in [2.75, 3.05) is 18.8 Å². The molecule has 0 aliphatic carbocycles. The predicted molar refractivity (Wildman–Crippen MR) is 80.3 cm³/mol. The minimum Gasteiger partial charge on any atom is -0.354 e. The summed E-state index contributed by atoms with van der Waals surface area (Å²) in [5.74, 6) is 0.285. The number of carbonyl (C=O) groups is 3. The Kier molecular flexibility index (Phi) is 6.26. The number of hydrogen-bond acceptors (Lipinski definition) is 4. The molecule has 112 valence electrons. The number of hydrogen-bond donors (Lipinski definition) is 1. The van der Waals surface area contributed by atoms with Crippen LogP contribution in [0.4, 0.5) is 0 Å². The minimum absolute atomic E-state index is 0.0356. The molecule has 0 radical (unpaired) electrons. The number of rotatable bonds is 7. The molecular formula is C14H22N2O3S. The van der Waals surface area contributed by atoms with Gasteiger partial charge in [0.2, 0.25) is 5.91 Å². The van der Waals surface area contributed by atoms with Crippen LogP contribution in [0.1, 0.15) is 33.6 Å². The molecule has 0 aromatic heterocycles. The Morgan fingerprint density at radius 3 is 2.40 bits per heavy atom. The Balaban J connectivity index is 2.09. The highest BCUT2D eigenvalue weighted by molar-refractivity contribution is 8.00. The molecule has 1 aliphatic heterocycles. The van der Waals surface area contributed by atoms with Crippen LogP contribution in [0.5, 0.6) is 0 Å². The van der Waals surface area contributed by atoms with Crippen molar-refractivity contribution in [3.63, 3.8) is 0 Å². The molecule has 0 atom stereocenters. The van der Waals surface area contributed by atoms with E-state index in [0.29, 0.717) is 13.0 Å². The zero-order valence-electron chi connectivity index (χ0n) is 12.3. The van der Waals surface area contributed by atoms with Gasteiger partial charge in [-0.15, -0.1) is 0 Å². The summed E-state index contributed by atoms with van der Waals surface area (Å²) < 4.78 is 0.222. The van der Waals surface area contributed by atoms with Gasteiger partial charge in [-0.2, -0.15) is 11.8 Å². The van der Waals surface area contributed by atoms with E-state index in [0.717, 1.165) is 17.1 Å². The fraction of sp³-hybridized carbons (Fsp3) is 0.643. The van der Waals surface area contributed by atoms with Crippen molar-refractivity contribution in [3.8, 4) is 0 Å². The summed E-state index contributed by atoms with van der Waals surface area (Å²) in [5, 5.41) is 2.73. The maximum atomic E-state index is 11.6. The van der Waals surface area contributed by atoms with E-state index in [1.165, 1.54) is 12.2 Å². The third-order valence-electron chi connectivity index (χ3n) is 2.64. The SMILES string of the molecule is CC(C)(C)SCCCC(=O)NCCN1C(=O)C=CC1=O. The lowest BCUT2D eigenvalue weighted by molar-refractivity contribution is -0.137. The topological polar surface area (TPSA) is 66.5 Å². The van der Waals surface area contributed by atoms with Gasteiger partial charge in [-0.25, -0.2) is 0 Å². The van der Waals surface area contributed by atoms with Crippen LogP contribution in [0, 0.1) is 0 Å². The van der Waals surface area contributed by atoms with Gasteiger partial charge in [0, 0.05) is 36.4 Å². The fourth-order valence-corrected chi connectivity index (χ4v) is 2.56. The maximum absolute atomic E-state index is 11.6. The molecule has 3 amide bonds. The molecule has 6 heteroatoms. The van der Waals surface area contributed by atoms with E-state index in [1.807, 2.05) is 11.8 Å². The first-order valence-corrected chi connectivity index (χ1v) is 7.72. The van der Waals surface area contributed by atoms with Crippen LogP contribution in [-0.2, 0) is 14.4 Å². The van der Waals surface area contributed by atoms with Gasteiger partial charge in [-0.3, -0.25) is 19.3 Å². The van der Waals surface area contributed by atoms with E-state index in [4.69, 9.17) is 0 Å². The molecule has 0 fully saturated rings. The summed E-state index contributed by atoms with van der Waals surface area (Å²) in [6.07, 6.45) is 3.79. The van der Waals surface area contributed by atoms with Crippen LogP contribution in [0.3, 0.4) is 0 Å². The zero-order valence-corrected chi connectivity index (χ0v) is 13.1. The van der Waals surface area contributed by atoms with Crippen LogP contribution in [0.15, 0.2) is 12.2 Å². The number of carbonyl (C=O) groups excluding carboxylic acids is 3. The van der Waals surface area contributed by atoms with Crippen LogP contribution in [-0.4, -0.2) is 46.2 Å². The number of amides is 3. The monoisotopic (exact) mass is 298 g/mol. The molecule has 0 saturated carbocycles. The number of thioether (sulfide) groups is 1. The van der Waals surface area contributed by atoms with E-state index in [9.17, 15) is 14.4 Å². The van der Waals surface area contributed by atoms with Gasteiger partial charge in [0.25, 0.3) is 11.8 Å². The molecule has 20 heavy (non-hydrogen) atoms. The first kappa shape index (κ1) is 16.8. The van der Waals surface area contributed by atoms with Crippen LogP contribution in [0.2, 0.25) is 0 Å². The molecular weight excluding hydrogens is 276 g/mol. The molecule has 1 N–H and O–H groups in total. The second kappa shape index (κ2) is 7.47. The van der Waals surface area contributed by atoms with Crippen molar-refractivity contribution in [1.82, 2.24) is 10.2 Å². The average molecular weight is 298 g/mol. The van der Waals surface area contributed by atoms with E-state index >= 15 is 0 Å². The van der Waals surface area contributed by atoms with Crippen LogP contribution < -0.4 is 5.32 Å². The molecule has 0 aromatic carbocycles. The van der Waals surface area contributed by atoms with Crippen molar-refractivity contribution < 1.29 is 14.4 Å². The third kappa shape index (κ3) is 6.23. The molecule has 0 spiro atoms. The van der Waals surface area contributed by atoms with Crippen LogP contribution >= 0.6 is 11.8 Å². The Hall–Kier alpha value is -1.30. The lowest BCUT2D eigenvalue weighted by Gasteiger charge is -2.17. The van der Waals surface area contributed by atoms with Crippen molar-refractivity contribution in [2.24, 2.45) is 0 Å². The first-order chi connectivity index (χ1) is 9.29. The minimum atomic E-state index is -0.314. The Labute approximate surface area is 124 Å². The molecule has 0 unspecified atom stereocenters. The molecule has 0 aromatic rings. The quantitative estimate of drug-likeness (QED) is 0.569. The standard InChI is InChI=1S/C14H22N2O3S/c1-14(2,3)20-10-4-5-11(17)15-8-9-16-12(18)6-7-13(16)19/h6-7H,4-5,8-10H2,1-3H3,(H,15,17). The Morgan fingerprint density at radius 1 is 1.25 bits per heavy atom. The van der Waals surface area contributed by atoms with Crippen molar-refractivity contribution in [2.45, 2.75) is 38.4 Å². The van der Waals surface area contributed by atoms with Crippen molar-refractivity contribution in [1.29, 1.82) is 0 Å². The van der Waals surface area contributed by atoms with Gasteiger partial charge < -0.3 is 5.32 Å². The van der Waals surface area contributed by atoms with E-state index in [-0.39, 0.29) is 29.0 Å². The summed E-state index contributed by atoms with van der Waals surface area (Å²) in [4.78, 5) is 35.2. The molecule has 1 heterocycles. The molecule has 5 nitrogen and oxygen atoms in total. The van der Waals surface area contributed by atoms with Crippen LogP contribution in [0.25, 0.3) is 0 Å². The zero-order chi connectivity index (χ0) is 15.2. The summed E-state index contributed by atoms with van der Waals surface area (Å²) >= 11 is 1.83. The van der Waals surface area contributed by atoms with Crippen molar-refractivity contribution >= 4 is 29.5 Å². The predicted octanol–water partition coefficient (Wildman–Crippen LogP) is 1.34. The summed E-state index contributed by atoms with van der Waals surface area (Å²) in [6, 6.07) is 0. The molecule has 1 rings (SSSR count). The molecule has 0 bridgehead atoms. The highest BCUT2D eigenvalue weighted by Crippen LogP contribution is 2.23. The Bertz CT molecular complexity index is 395. The number of nitrogens with one attached hydrogen (secondary N) is 1. The first-order valence-electron chi connectivity index (χ1n) is 6.74. The third-order valence-corrected chi connectivity index (χ3v) is 4.00. The lowest BCUT2D eigenvalue weighted by Crippen LogP contribution is -2.38. The fourth-order valence-electron chi connectivity index (χ4n) is 1.66. The van der Waals surface area contributed by atoms with E-state index in [2.05, 4.69) is 26.1 Å². The maximum Gasteiger partial charge on any atom is 0.253 e. The Morgan fingerprint density at radius 2 is 1.85 bits per heavy atom. The van der Waals surface area contributed by atoms with Gasteiger partial charge >= 0.3 is 0 Å². The molecule has 1 aliphatic rings. The average Bonchev–Trinajstić information content (AvgIpc) is 2.65. The van der Waals surface area contributed by atoms with Gasteiger partial charge in [0.05, 0.1) is 0 Å². The van der Waals surface area contributed by atoms with Gasteiger partial charge in [-0.1, -0.05) is 20.8 Å².